The van der Waals surface area contributed by atoms with Gasteiger partial charge in [-0.15, -0.1) is 10.2 Å². The first-order valence-corrected chi connectivity index (χ1v) is 7.45. The van der Waals surface area contributed by atoms with Crippen LogP contribution < -0.4 is 0 Å². The average molecular weight is 300 g/mol. The van der Waals surface area contributed by atoms with Crippen molar-refractivity contribution < 1.29 is 9.53 Å². The molecule has 1 amide bonds. The Hall–Kier alpha value is -2.21. The van der Waals surface area contributed by atoms with Crippen LogP contribution >= 0.6 is 0 Å². The Kier molecular flexibility index (Phi) is 4.20. The van der Waals surface area contributed by atoms with Crippen molar-refractivity contribution in [1.82, 2.24) is 19.7 Å². The number of hydrogen-bond donors (Lipinski definition) is 0. The highest BCUT2D eigenvalue weighted by Crippen LogP contribution is 2.25. The third kappa shape index (κ3) is 2.74. The molecule has 1 atom stereocenters. The normalized spacial score (nSPS) is 17.4. The number of carbonyl (C=O) groups is 1. The molecule has 0 spiro atoms. The van der Waals surface area contributed by atoms with E-state index < -0.39 is 0 Å². The van der Waals surface area contributed by atoms with Crippen LogP contribution in [0.2, 0.25) is 0 Å². The minimum Gasteiger partial charge on any atom is -0.377 e. The van der Waals surface area contributed by atoms with Crippen molar-refractivity contribution in [2.45, 2.75) is 32.5 Å². The van der Waals surface area contributed by atoms with Crippen molar-refractivity contribution in [1.29, 1.82) is 0 Å². The second kappa shape index (κ2) is 6.27. The van der Waals surface area contributed by atoms with Gasteiger partial charge in [0.25, 0.3) is 0 Å². The van der Waals surface area contributed by atoms with Gasteiger partial charge in [0.1, 0.15) is 6.61 Å². The Morgan fingerprint density at radius 1 is 1.27 bits per heavy atom. The number of fused-ring (bicyclic) bond motifs is 1. The van der Waals surface area contributed by atoms with Gasteiger partial charge in [0.15, 0.2) is 11.6 Å². The molecule has 2 heterocycles. The summed E-state index contributed by atoms with van der Waals surface area (Å²) in [5.41, 5.74) is 1.03. The number of carbonyl (C=O) groups excluding carboxylic acids is 1. The molecule has 3 rings (SSSR count). The molecule has 0 aliphatic carbocycles. The minimum absolute atomic E-state index is 0.0666. The summed E-state index contributed by atoms with van der Waals surface area (Å²) in [4.78, 5) is 14.4. The fourth-order valence-corrected chi connectivity index (χ4v) is 2.89. The van der Waals surface area contributed by atoms with Crippen LogP contribution in [0.1, 0.15) is 30.2 Å². The van der Waals surface area contributed by atoms with Gasteiger partial charge in [0.2, 0.25) is 5.91 Å². The van der Waals surface area contributed by atoms with Crippen molar-refractivity contribution >= 4 is 5.91 Å². The Balaban J connectivity index is 1.75. The third-order valence-corrected chi connectivity index (χ3v) is 4.05. The first kappa shape index (κ1) is 14.7. The predicted octanol–water partition coefficient (Wildman–Crippen LogP) is 1.57. The first-order valence-electron chi connectivity index (χ1n) is 7.45. The van der Waals surface area contributed by atoms with Gasteiger partial charge in [0, 0.05) is 20.2 Å². The van der Waals surface area contributed by atoms with Gasteiger partial charge in [-0.1, -0.05) is 30.3 Å². The van der Waals surface area contributed by atoms with Crippen molar-refractivity contribution in [2.24, 2.45) is 0 Å². The summed E-state index contributed by atoms with van der Waals surface area (Å²) in [6, 6.07) is 9.75. The topological polar surface area (TPSA) is 60.3 Å². The van der Waals surface area contributed by atoms with E-state index in [1.807, 2.05) is 42.2 Å². The molecule has 0 saturated heterocycles. The zero-order valence-corrected chi connectivity index (χ0v) is 12.9. The van der Waals surface area contributed by atoms with Crippen LogP contribution in [0.25, 0.3) is 0 Å². The van der Waals surface area contributed by atoms with E-state index in [-0.39, 0.29) is 11.9 Å². The summed E-state index contributed by atoms with van der Waals surface area (Å²) in [5, 5.41) is 8.40. The Morgan fingerprint density at radius 2 is 2.05 bits per heavy atom. The van der Waals surface area contributed by atoms with Crippen LogP contribution in [0.15, 0.2) is 30.3 Å². The van der Waals surface area contributed by atoms with Crippen LogP contribution in [0.5, 0.6) is 0 Å². The standard InChI is InChI=1S/C16H20N4O2/c1-12-16-18-17-14(11-22-2)20(16)9-8-19(12)15(21)10-13-6-4-3-5-7-13/h3-7,12H,8-11H2,1-2H3/t12-/m0/s1. The zero-order valence-electron chi connectivity index (χ0n) is 12.9. The first-order chi connectivity index (χ1) is 10.7. The molecule has 1 aliphatic rings. The molecule has 1 aromatic heterocycles. The minimum atomic E-state index is -0.0666. The molecule has 22 heavy (non-hydrogen) atoms. The Labute approximate surface area is 129 Å². The molecule has 6 nitrogen and oxygen atoms in total. The molecule has 0 unspecified atom stereocenters. The molecule has 0 fully saturated rings. The molecule has 0 bridgehead atoms. The van der Waals surface area contributed by atoms with Gasteiger partial charge in [-0.25, -0.2) is 0 Å². The lowest BCUT2D eigenvalue weighted by Crippen LogP contribution is -2.42. The summed E-state index contributed by atoms with van der Waals surface area (Å²) in [7, 11) is 1.64. The highest BCUT2D eigenvalue weighted by Gasteiger charge is 2.30. The summed E-state index contributed by atoms with van der Waals surface area (Å²) in [6.45, 7) is 3.83. The number of hydrogen-bond acceptors (Lipinski definition) is 4. The van der Waals surface area contributed by atoms with Gasteiger partial charge in [-0.3, -0.25) is 4.79 Å². The van der Waals surface area contributed by atoms with Crippen LogP contribution in [0, 0.1) is 0 Å². The predicted molar refractivity (Wildman–Crippen MR) is 81.0 cm³/mol. The second-order valence-corrected chi connectivity index (χ2v) is 5.48. The van der Waals surface area contributed by atoms with Gasteiger partial charge < -0.3 is 14.2 Å². The maximum atomic E-state index is 12.6. The lowest BCUT2D eigenvalue weighted by atomic mass is 10.1. The van der Waals surface area contributed by atoms with E-state index >= 15 is 0 Å². The molecular weight excluding hydrogens is 280 g/mol. The quantitative estimate of drug-likeness (QED) is 0.860. The smallest absolute Gasteiger partial charge is 0.227 e. The monoisotopic (exact) mass is 300 g/mol. The van der Waals surface area contributed by atoms with E-state index in [9.17, 15) is 4.79 Å². The van der Waals surface area contributed by atoms with E-state index in [1.54, 1.807) is 7.11 Å². The number of aromatic nitrogens is 3. The fraction of sp³-hybridized carbons (Fsp3) is 0.438. The van der Waals surface area contributed by atoms with Gasteiger partial charge >= 0.3 is 0 Å². The maximum Gasteiger partial charge on any atom is 0.227 e. The molecule has 6 heteroatoms. The Bertz CT molecular complexity index is 653. The molecule has 0 radical (unpaired) electrons. The molecule has 116 valence electrons. The van der Waals surface area contributed by atoms with Crippen molar-refractivity contribution in [3.05, 3.63) is 47.5 Å². The SMILES string of the molecule is COCc1nnc2n1CCN(C(=O)Cc1ccccc1)[C@H]2C. The summed E-state index contributed by atoms with van der Waals surface area (Å²) in [6.07, 6.45) is 0.421. The van der Waals surface area contributed by atoms with E-state index in [2.05, 4.69) is 14.8 Å². The van der Waals surface area contributed by atoms with E-state index in [0.717, 1.165) is 17.2 Å². The van der Waals surface area contributed by atoms with Crippen molar-refractivity contribution in [2.75, 3.05) is 13.7 Å². The molecular formula is C16H20N4O2. The summed E-state index contributed by atoms with van der Waals surface area (Å²) in [5.74, 6) is 1.78. The van der Waals surface area contributed by atoms with E-state index in [1.165, 1.54) is 0 Å². The highest BCUT2D eigenvalue weighted by molar-refractivity contribution is 5.79. The number of rotatable bonds is 4. The largest absolute Gasteiger partial charge is 0.377 e. The number of amides is 1. The van der Waals surface area contributed by atoms with Crippen LogP contribution in [0.4, 0.5) is 0 Å². The second-order valence-electron chi connectivity index (χ2n) is 5.48. The summed E-state index contributed by atoms with van der Waals surface area (Å²) < 4.78 is 7.19. The molecule has 0 N–H and O–H groups in total. The lowest BCUT2D eigenvalue weighted by Gasteiger charge is -2.33. The number of methoxy groups -OCH3 is 1. The summed E-state index contributed by atoms with van der Waals surface area (Å²) >= 11 is 0. The molecule has 1 aliphatic heterocycles. The number of ether oxygens (including phenoxy) is 1. The van der Waals surface area contributed by atoms with Crippen LogP contribution in [-0.4, -0.2) is 39.2 Å². The average Bonchev–Trinajstić information content (AvgIpc) is 2.93. The van der Waals surface area contributed by atoms with E-state index in [4.69, 9.17) is 4.74 Å². The molecule has 0 saturated carbocycles. The molecule has 2 aromatic rings. The zero-order chi connectivity index (χ0) is 15.5. The van der Waals surface area contributed by atoms with Crippen LogP contribution in [0.3, 0.4) is 0 Å². The van der Waals surface area contributed by atoms with Gasteiger partial charge in [-0.2, -0.15) is 0 Å². The van der Waals surface area contributed by atoms with Crippen molar-refractivity contribution in [3.63, 3.8) is 0 Å². The fourth-order valence-electron chi connectivity index (χ4n) is 2.89. The maximum absolute atomic E-state index is 12.6. The number of nitrogens with zero attached hydrogens (tertiary/aromatic N) is 4. The van der Waals surface area contributed by atoms with Crippen molar-refractivity contribution in [3.8, 4) is 0 Å². The molecule has 1 aromatic carbocycles. The lowest BCUT2D eigenvalue weighted by molar-refractivity contribution is -0.133. The van der Waals surface area contributed by atoms with Gasteiger partial charge in [0.05, 0.1) is 12.5 Å². The van der Waals surface area contributed by atoms with E-state index in [0.29, 0.717) is 26.1 Å². The highest BCUT2D eigenvalue weighted by atomic mass is 16.5. The van der Waals surface area contributed by atoms with Crippen LogP contribution in [-0.2, 0) is 29.1 Å². The van der Waals surface area contributed by atoms with Gasteiger partial charge in [-0.05, 0) is 12.5 Å². The number of benzene rings is 1. The third-order valence-electron chi connectivity index (χ3n) is 4.05. The Morgan fingerprint density at radius 3 is 2.77 bits per heavy atom.